The van der Waals surface area contributed by atoms with Crippen LogP contribution in [0.1, 0.15) is 24.5 Å². The van der Waals surface area contributed by atoms with Gasteiger partial charge in [0.2, 0.25) is 0 Å². The van der Waals surface area contributed by atoms with E-state index < -0.39 is 0 Å². The van der Waals surface area contributed by atoms with Gasteiger partial charge in [-0.25, -0.2) is 10.1 Å². The number of rotatable bonds is 5. The van der Waals surface area contributed by atoms with E-state index in [4.69, 9.17) is 9.40 Å². The molecule has 35 heavy (non-hydrogen) atoms. The molecule has 4 aromatic heterocycles. The molecule has 0 radical (unpaired) electrons. The van der Waals surface area contributed by atoms with Crippen molar-refractivity contribution in [2.75, 3.05) is 11.9 Å². The zero-order valence-electron chi connectivity index (χ0n) is 18.7. The number of hydrogen-bond acceptors (Lipinski definition) is 7. The van der Waals surface area contributed by atoms with E-state index in [-0.39, 0.29) is 0 Å². The van der Waals surface area contributed by atoms with Crippen LogP contribution >= 0.6 is 15.9 Å². The molecule has 0 bridgehead atoms. The quantitative estimate of drug-likeness (QED) is 0.306. The van der Waals surface area contributed by atoms with Gasteiger partial charge in [-0.1, -0.05) is 24.3 Å². The van der Waals surface area contributed by atoms with Crippen molar-refractivity contribution in [3.63, 3.8) is 0 Å². The first-order valence-electron chi connectivity index (χ1n) is 11.3. The van der Waals surface area contributed by atoms with Gasteiger partial charge in [-0.3, -0.25) is 0 Å². The van der Waals surface area contributed by atoms with Gasteiger partial charge >= 0.3 is 0 Å². The third kappa shape index (κ3) is 3.32. The number of aromatic amines is 1. The minimum absolute atomic E-state index is 0.551. The van der Waals surface area contributed by atoms with Gasteiger partial charge in [0, 0.05) is 53.0 Å². The van der Waals surface area contributed by atoms with Crippen LogP contribution in [0.3, 0.4) is 0 Å². The summed E-state index contributed by atoms with van der Waals surface area (Å²) in [7, 11) is 2.05. The summed E-state index contributed by atoms with van der Waals surface area (Å²) < 4.78 is 9.06. The molecule has 7 rings (SSSR count). The molecule has 0 unspecified atom stereocenters. The SMILES string of the molecule is CN(c1ccc2oc(-c3ccccc3-c3nnn[nH]3)c(Br)c2c1)c1cc(C2CC2)nc2ccnn12. The Balaban J connectivity index is 1.34. The molecular weight excluding hydrogens is 508 g/mol. The summed E-state index contributed by atoms with van der Waals surface area (Å²) in [4.78, 5) is 6.94. The number of hydrogen-bond donors (Lipinski definition) is 1. The van der Waals surface area contributed by atoms with Crippen molar-refractivity contribution in [1.82, 2.24) is 35.2 Å². The number of nitrogens with one attached hydrogen (secondary N) is 1. The number of anilines is 2. The lowest BCUT2D eigenvalue weighted by atomic mass is 10.0. The van der Waals surface area contributed by atoms with Gasteiger partial charge in [0.25, 0.3) is 0 Å². The number of tetrazole rings is 1. The minimum atomic E-state index is 0.551. The monoisotopic (exact) mass is 526 g/mol. The lowest BCUT2D eigenvalue weighted by Gasteiger charge is -2.21. The van der Waals surface area contributed by atoms with E-state index in [2.05, 4.69) is 71.8 Å². The highest BCUT2D eigenvalue weighted by Gasteiger charge is 2.27. The van der Waals surface area contributed by atoms with E-state index >= 15 is 0 Å². The summed E-state index contributed by atoms with van der Waals surface area (Å²) in [6.45, 7) is 0. The average Bonchev–Trinajstić information content (AvgIpc) is 3.27. The van der Waals surface area contributed by atoms with Crippen LogP contribution in [0.25, 0.3) is 39.3 Å². The Hall–Kier alpha value is -4.05. The molecule has 1 N–H and O–H groups in total. The molecule has 0 aliphatic heterocycles. The number of H-pyrrole nitrogens is 1. The highest BCUT2D eigenvalue weighted by atomic mass is 79.9. The predicted octanol–water partition coefficient (Wildman–Crippen LogP) is 5.73. The molecule has 0 atom stereocenters. The molecule has 6 aromatic rings. The first kappa shape index (κ1) is 20.3. The molecule has 0 saturated heterocycles. The van der Waals surface area contributed by atoms with E-state index in [0.29, 0.717) is 11.7 Å². The summed E-state index contributed by atoms with van der Waals surface area (Å²) in [5, 5.41) is 19.8. The van der Waals surface area contributed by atoms with Crippen LogP contribution in [0.2, 0.25) is 0 Å². The van der Waals surface area contributed by atoms with Gasteiger partial charge in [-0.05, 0) is 57.4 Å². The van der Waals surface area contributed by atoms with E-state index in [1.54, 1.807) is 6.20 Å². The summed E-state index contributed by atoms with van der Waals surface area (Å²) in [5.41, 5.74) is 5.55. The minimum Gasteiger partial charge on any atom is -0.455 e. The predicted molar refractivity (Wildman–Crippen MR) is 136 cm³/mol. The number of nitrogens with zero attached hydrogens (tertiary/aromatic N) is 7. The lowest BCUT2D eigenvalue weighted by molar-refractivity contribution is 0.630. The highest BCUT2D eigenvalue weighted by molar-refractivity contribution is 9.10. The van der Waals surface area contributed by atoms with Crippen molar-refractivity contribution in [2.45, 2.75) is 18.8 Å². The van der Waals surface area contributed by atoms with Crippen LogP contribution in [0, 0.1) is 0 Å². The normalized spacial score (nSPS) is 13.7. The molecule has 9 nitrogen and oxygen atoms in total. The maximum atomic E-state index is 6.31. The zero-order chi connectivity index (χ0) is 23.5. The van der Waals surface area contributed by atoms with E-state index in [1.165, 1.54) is 12.8 Å². The van der Waals surface area contributed by atoms with Crippen LogP contribution < -0.4 is 4.90 Å². The Morgan fingerprint density at radius 2 is 1.94 bits per heavy atom. The van der Waals surface area contributed by atoms with Crippen molar-refractivity contribution in [3.05, 3.63) is 71.0 Å². The molecule has 1 fully saturated rings. The van der Waals surface area contributed by atoms with Crippen molar-refractivity contribution in [2.24, 2.45) is 0 Å². The largest absolute Gasteiger partial charge is 0.455 e. The van der Waals surface area contributed by atoms with E-state index in [9.17, 15) is 0 Å². The summed E-state index contributed by atoms with van der Waals surface area (Å²) in [6.07, 6.45) is 4.19. The Kier molecular flexibility index (Phi) is 4.50. The topological polar surface area (TPSA) is 101 Å². The van der Waals surface area contributed by atoms with E-state index in [0.717, 1.165) is 55.2 Å². The lowest BCUT2D eigenvalue weighted by Crippen LogP contribution is -2.15. The number of halogens is 1. The van der Waals surface area contributed by atoms with Gasteiger partial charge in [0.05, 0.1) is 10.7 Å². The number of fused-ring (bicyclic) bond motifs is 2. The second kappa shape index (κ2) is 7.74. The van der Waals surface area contributed by atoms with Crippen molar-refractivity contribution < 1.29 is 4.42 Å². The van der Waals surface area contributed by atoms with Gasteiger partial charge in [0.1, 0.15) is 17.2 Å². The first-order valence-corrected chi connectivity index (χ1v) is 12.1. The molecule has 1 aliphatic rings. The maximum absolute atomic E-state index is 6.31. The Morgan fingerprint density at radius 3 is 2.74 bits per heavy atom. The fraction of sp³-hybridized carbons (Fsp3) is 0.160. The van der Waals surface area contributed by atoms with Gasteiger partial charge < -0.3 is 9.32 Å². The van der Waals surface area contributed by atoms with Crippen LogP contribution in [0.4, 0.5) is 11.5 Å². The molecule has 0 spiro atoms. The van der Waals surface area contributed by atoms with Gasteiger partial charge in [-0.15, -0.1) is 5.10 Å². The molecule has 1 saturated carbocycles. The first-order chi connectivity index (χ1) is 17.2. The molecule has 1 aliphatic carbocycles. The average molecular weight is 527 g/mol. The van der Waals surface area contributed by atoms with Crippen LogP contribution in [0.5, 0.6) is 0 Å². The Labute approximate surface area is 207 Å². The standard InChI is InChI=1S/C25H19BrN8O/c1-33(22-13-19(14-6-7-14)28-21-10-11-27-34(21)22)15-8-9-20-18(12-15)23(26)24(35-20)16-4-2-3-5-17(16)25-29-31-32-30-25/h2-5,8-14H,6-7H2,1H3,(H,29,30,31,32). The smallest absolute Gasteiger partial charge is 0.180 e. The molecule has 10 heteroatoms. The highest BCUT2D eigenvalue weighted by Crippen LogP contribution is 2.43. The maximum Gasteiger partial charge on any atom is 0.180 e. The molecule has 4 heterocycles. The third-order valence-corrected chi connectivity index (χ3v) is 7.26. The Bertz CT molecular complexity index is 1700. The fourth-order valence-corrected chi connectivity index (χ4v) is 5.08. The van der Waals surface area contributed by atoms with Crippen molar-refractivity contribution in [1.29, 1.82) is 0 Å². The van der Waals surface area contributed by atoms with Crippen LogP contribution in [-0.4, -0.2) is 42.3 Å². The Morgan fingerprint density at radius 1 is 1.09 bits per heavy atom. The molecule has 172 valence electrons. The van der Waals surface area contributed by atoms with E-state index in [1.807, 2.05) is 40.9 Å². The van der Waals surface area contributed by atoms with Crippen molar-refractivity contribution in [3.8, 4) is 22.7 Å². The number of aromatic nitrogens is 7. The fourth-order valence-electron chi connectivity index (χ4n) is 4.47. The number of benzene rings is 2. The van der Waals surface area contributed by atoms with Crippen LogP contribution in [-0.2, 0) is 0 Å². The summed E-state index contributed by atoms with van der Waals surface area (Å²) in [6, 6.07) is 18.2. The van der Waals surface area contributed by atoms with Gasteiger partial charge in [0.15, 0.2) is 11.5 Å². The van der Waals surface area contributed by atoms with Crippen molar-refractivity contribution >= 4 is 44.1 Å². The van der Waals surface area contributed by atoms with Gasteiger partial charge in [-0.2, -0.15) is 9.61 Å². The molecular formula is C25H19BrN8O. The molecule has 2 aromatic carbocycles. The molecule has 0 amide bonds. The van der Waals surface area contributed by atoms with Crippen LogP contribution in [0.15, 0.2) is 69.7 Å². The summed E-state index contributed by atoms with van der Waals surface area (Å²) in [5.74, 6) is 2.83. The summed E-state index contributed by atoms with van der Waals surface area (Å²) >= 11 is 3.80. The second-order valence-electron chi connectivity index (χ2n) is 8.69. The second-order valence-corrected chi connectivity index (χ2v) is 9.49. The zero-order valence-corrected chi connectivity index (χ0v) is 20.3. The number of furan rings is 1. The third-order valence-electron chi connectivity index (χ3n) is 6.47.